The minimum atomic E-state index is -3.77. The monoisotopic (exact) mass is 671 g/mol. The van der Waals surface area contributed by atoms with Crippen molar-refractivity contribution >= 4 is 33.9 Å². The van der Waals surface area contributed by atoms with Crippen LogP contribution in [0.5, 0.6) is 0 Å². The van der Waals surface area contributed by atoms with E-state index >= 15 is 0 Å². The Morgan fingerprint density at radius 3 is 2.56 bits per heavy atom. The second-order valence-corrected chi connectivity index (χ2v) is 13.7. The van der Waals surface area contributed by atoms with E-state index < -0.39 is 27.8 Å². The maximum atomic E-state index is 13.8. The third-order valence-electron chi connectivity index (χ3n) is 8.25. The van der Waals surface area contributed by atoms with Gasteiger partial charge in [0.15, 0.2) is 0 Å². The molecule has 1 unspecified atom stereocenters. The zero-order valence-electron chi connectivity index (χ0n) is 27.1. The number of para-hydroxylation sites is 1. The van der Waals surface area contributed by atoms with Gasteiger partial charge in [-0.25, -0.2) is 13.1 Å². The molecule has 250 valence electrons. The van der Waals surface area contributed by atoms with E-state index in [1.54, 1.807) is 48.1 Å². The van der Waals surface area contributed by atoms with Gasteiger partial charge in [-0.3, -0.25) is 19.3 Å². The van der Waals surface area contributed by atoms with Crippen molar-refractivity contribution in [3.05, 3.63) is 83.1 Å². The fourth-order valence-electron chi connectivity index (χ4n) is 5.74. The molecule has 3 aromatic rings. The van der Waals surface area contributed by atoms with Gasteiger partial charge in [-0.1, -0.05) is 37.3 Å². The van der Waals surface area contributed by atoms with E-state index in [4.69, 9.17) is 14.6 Å². The number of benzene rings is 2. The van der Waals surface area contributed by atoms with Gasteiger partial charge in [-0.15, -0.1) is 0 Å². The third-order valence-corrected chi connectivity index (χ3v) is 10.1. The Morgan fingerprint density at radius 2 is 1.85 bits per heavy atom. The highest BCUT2D eigenvalue weighted by Gasteiger charge is 2.36. The average Bonchev–Trinajstić information content (AvgIpc) is 3.50. The SMILES string of the molecule is CC(=O)OCCOCCN1C(=O)C(C#N)=C(C)/C(=C\c2cn(-c3ccccc3)nc2-c2cccc(S(=O)(=O)N3CCCC(C)C3)c2)C1=O. The lowest BCUT2D eigenvalue weighted by Gasteiger charge is -2.30. The van der Waals surface area contributed by atoms with Gasteiger partial charge in [-0.2, -0.15) is 14.7 Å². The second kappa shape index (κ2) is 14.9. The van der Waals surface area contributed by atoms with Crippen LogP contribution in [0, 0.1) is 17.2 Å². The minimum Gasteiger partial charge on any atom is -0.463 e. The molecule has 0 aliphatic carbocycles. The summed E-state index contributed by atoms with van der Waals surface area (Å²) in [6, 6.07) is 17.8. The molecule has 0 N–H and O–H groups in total. The lowest BCUT2D eigenvalue weighted by Crippen LogP contribution is -2.44. The summed E-state index contributed by atoms with van der Waals surface area (Å²) in [5.74, 6) is -1.54. The molecule has 2 aliphatic heterocycles. The number of piperidine rings is 1. The van der Waals surface area contributed by atoms with Gasteiger partial charge < -0.3 is 9.47 Å². The zero-order chi connectivity index (χ0) is 34.4. The van der Waals surface area contributed by atoms with E-state index in [2.05, 4.69) is 0 Å². The number of carbonyl (C=O) groups is 3. The van der Waals surface area contributed by atoms with Crippen molar-refractivity contribution in [3.8, 4) is 23.0 Å². The van der Waals surface area contributed by atoms with Crippen LogP contribution in [0.25, 0.3) is 23.0 Å². The Kier molecular flexibility index (Phi) is 10.7. The summed E-state index contributed by atoms with van der Waals surface area (Å²) in [5, 5.41) is 14.7. The van der Waals surface area contributed by atoms with Crippen LogP contribution < -0.4 is 0 Å². The predicted molar refractivity (Wildman–Crippen MR) is 177 cm³/mol. The predicted octanol–water partition coefficient (Wildman–Crippen LogP) is 4.13. The summed E-state index contributed by atoms with van der Waals surface area (Å²) in [7, 11) is -3.77. The van der Waals surface area contributed by atoms with E-state index in [-0.39, 0.29) is 53.9 Å². The smallest absolute Gasteiger partial charge is 0.302 e. The number of nitrogens with zero attached hydrogens (tertiary/aromatic N) is 5. The molecule has 2 aliphatic rings. The van der Waals surface area contributed by atoms with Crippen molar-refractivity contribution in [3.63, 3.8) is 0 Å². The summed E-state index contributed by atoms with van der Waals surface area (Å²) >= 11 is 0. The fraction of sp³-hybridized carbons (Fsp3) is 0.343. The first-order chi connectivity index (χ1) is 23.0. The highest BCUT2D eigenvalue weighted by atomic mass is 32.2. The van der Waals surface area contributed by atoms with Crippen LogP contribution >= 0.6 is 0 Å². The summed E-state index contributed by atoms with van der Waals surface area (Å²) < 4.78 is 40.8. The minimum absolute atomic E-state index is 0.0265. The van der Waals surface area contributed by atoms with Gasteiger partial charge in [0.2, 0.25) is 10.0 Å². The number of ether oxygens (including phenoxy) is 2. The van der Waals surface area contributed by atoms with Crippen molar-refractivity contribution in [1.82, 2.24) is 19.0 Å². The Morgan fingerprint density at radius 1 is 1.08 bits per heavy atom. The molecule has 2 amide bonds. The lowest BCUT2D eigenvalue weighted by molar-refractivity contribution is -0.142. The summed E-state index contributed by atoms with van der Waals surface area (Å²) in [6.07, 6.45) is 5.07. The number of amides is 2. The van der Waals surface area contributed by atoms with Crippen LogP contribution in [0.3, 0.4) is 0 Å². The zero-order valence-corrected chi connectivity index (χ0v) is 27.9. The van der Waals surface area contributed by atoms with Crippen molar-refractivity contribution in [2.24, 2.45) is 5.92 Å². The number of aromatic nitrogens is 2. The quantitative estimate of drug-likeness (QED) is 0.127. The number of hydrogen-bond donors (Lipinski definition) is 0. The van der Waals surface area contributed by atoms with Crippen LogP contribution in [0.4, 0.5) is 0 Å². The lowest BCUT2D eigenvalue weighted by atomic mass is 9.93. The topological polar surface area (TPSA) is 152 Å². The van der Waals surface area contributed by atoms with Gasteiger partial charge >= 0.3 is 5.97 Å². The molecule has 12 nitrogen and oxygen atoms in total. The van der Waals surface area contributed by atoms with Gasteiger partial charge in [0, 0.05) is 42.9 Å². The molecule has 1 saturated heterocycles. The van der Waals surface area contributed by atoms with Crippen LogP contribution in [0.15, 0.2) is 82.4 Å². The normalized spacial score (nSPS) is 18.3. The van der Waals surface area contributed by atoms with E-state index in [0.29, 0.717) is 29.9 Å². The Hall–Kier alpha value is -4.90. The number of carbonyl (C=O) groups excluding carboxylic acids is 3. The van der Waals surface area contributed by atoms with Gasteiger partial charge in [0.25, 0.3) is 11.8 Å². The van der Waals surface area contributed by atoms with Crippen molar-refractivity contribution in [2.75, 3.05) is 39.5 Å². The largest absolute Gasteiger partial charge is 0.463 e. The van der Waals surface area contributed by atoms with Crippen LogP contribution in [0.1, 0.15) is 39.2 Å². The van der Waals surface area contributed by atoms with Crippen molar-refractivity contribution in [1.29, 1.82) is 5.26 Å². The first kappa shape index (κ1) is 34.4. The number of esters is 1. The summed E-state index contributed by atoms with van der Waals surface area (Å²) in [6.45, 7) is 5.72. The molecule has 2 aromatic carbocycles. The average molecular weight is 672 g/mol. The molecule has 13 heteroatoms. The van der Waals surface area contributed by atoms with Crippen LogP contribution in [-0.2, 0) is 33.9 Å². The molecule has 48 heavy (non-hydrogen) atoms. The third kappa shape index (κ3) is 7.46. The molecule has 0 saturated carbocycles. The van der Waals surface area contributed by atoms with E-state index in [0.717, 1.165) is 23.4 Å². The second-order valence-electron chi connectivity index (χ2n) is 11.7. The number of nitriles is 1. The molecule has 0 bridgehead atoms. The molecule has 5 rings (SSSR count). The number of imide groups is 1. The number of sulfonamides is 1. The van der Waals surface area contributed by atoms with Crippen molar-refractivity contribution < 1.29 is 32.3 Å². The van der Waals surface area contributed by atoms with Crippen molar-refractivity contribution in [2.45, 2.75) is 38.5 Å². The Balaban J connectivity index is 1.54. The van der Waals surface area contributed by atoms with Gasteiger partial charge in [0.05, 0.1) is 30.3 Å². The highest BCUT2D eigenvalue weighted by Crippen LogP contribution is 2.33. The summed E-state index contributed by atoms with van der Waals surface area (Å²) in [5.41, 5.74) is 2.29. The standard InChI is InChI=1S/C35H37N5O7S/c1-24-9-8-14-38(22-24)48(44,45)30-13-7-10-27(19-30)33-28(23-40(37-33)29-11-5-4-6-12-29)20-31-25(2)32(21-36)35(43)39(34(31)42)15-16-46-17-18-47-26(3)41/h4-7,10-13,19-20,23-24H,8-9,14-18,22H2,1-3H3/b31-20+. The molecule has 1 fully saturated rings. The molecule has 0 radical (unpaired) electrons. The molecule has 1 atom stereocenters. The van der Waals surface area contributed by atoms with Gasteiger partial charge in [0.1, 0.15) is 23.9 Å². The van der Waals surface area contributed by atoms with Gasteiger partial charge in [-0.05, 0) is 61.6 Å². The Bertz CT molecular complexity index is 1930. The maximum absolute atomic E-state index is 13.8. The first-order valence-electron chi connectivity index (χ1n) is 15.7. The maximum Gasteiger partial charge on any atom is 0.302 e. The molecule has 3 heterocycles. The Labute approximate surface area is 279 Å². The first-order valence-corrected chi connectivity index (χ1v) is 17.1. The van der Waals surface area contributed by atoms with E-state index in [1.807, 2.05) is 43.3 Å². The number of hydrogen-bond acceptors (Lipinski definition) is 9. The number of rotatable bonds is 11. The molecular weight excluding hydrogens is 634 g/mol. The highest BCUT2D eigenvalue weighted by molar-refractivity contribution is 7.89. The van der Waals surface area contributed by atoms with E-state index in [9.17, 15) is 28.1 Å². The van der Waals surface area contributed by atoms with E-state index in [1.165, 1.54) is 11.2 Å². The fourth-order valence-corrected chi connectivity index (χ4v) is 7.38. The molecule has 1 aromatic heterocycles. The van der Waals surface area contributed by atoms with Crippen LogP contribution in [0.2, 0.25) is 0 Å². The summed E-state index contributed by atoms with van der Waals surface area (Å²) in [4.78, 5) is 39.0. The molecule has 0 spiro atoms. The molecular formula is C35H37N5O7S. The van der Waals surface area contributed by atoms with Crippen LogP contribution in [-0.4, -0.2) is 84.6 Å².